The molecule has 18 heavy (non-hydrogen) atoms. The Hall–Kier alpha value is -1.62. The first-order valence-electron chi connectivity index (χ1n) is 5.57. The lowest BCUT2D eigenvalue weighted by Crippen LogP contribution is -2.30. The lowest BCUT2D eigenvalue weighted by atomic mass is 10.3. The van der Waals surface area contributed by atoms with Crippen LogP contribution in [0.1, 0.15) is 5.69 Å². The number of rotatable bonds is 3. The van der Waals surface area contributed by atoms with Crippen molar-refractivity contribution < 1.29 is 4.79 Å². The third-order valence-corrected chi connectivity index (χ3v) is 3.48. The average Bonchev–Trinajstić information content (AvgIpc) is 2.75. The molecule has 0 saturated carbocycles. The summed E-state index contributed by atoms with van der Waals surface area (Å²) in [6, 6.07) is 7.66. The summed E-state index contributed by atoms with van der Waals surface area (Å²) in [5.74, 6) is 0.0167. The number of carbonyl (C=O) groups excluding carboxylic acids is 1. The van der Waals surface area contributed by atoms with Gasteiger partial charge in [-0.25, -0.2) is 4.98 Å². The van der Waals surface area contributed by atoms with Crippen molar-refractivity contribution in [3.05, 3.63) is 47.0 Å². The molecule has 0 saturated heterocycles. The van der Waals surface area contributed by atoms with Crippen molar-refractivity contribution in [3.8, 4) is 0 Å². The highest BCUT2D eigenvalue weighted by molar-refractivity contribution is 9.10. The van der Waals surface area contributed by atoms with Gasteiger partial charge in [0.15, 0.2) is 0 Å². The predicted molar refractivity (Wildman–Crippen MR) is 74.5 cm³/mol. The van der Waals surface area contributed by atoms with Crippen molar-refractivity contribution in [3.63, 3.8) is 0 Å². The van der Waals surface area contributed by atoms with E-state index in [0.717, 1.165) is 15.9 Å². The lowest BCUT2D eigenvalue weighted by molar-refractivity contribution is -0.118. The van der Waals surface area contributed by atoms with Crippen LogP contribution in [0.15, 0.2) is 41.3 Å². The van der Waals surface area contributed by atoms with E-state index in [0.29, 0.717) is 6.54 Å². The molecule has 1 heterocycles. The van der Waals surface area contributed by atoms with Gasteiger partial charge in [-0.3, -0.25) is 4.79 Å². The van der Waals surface area contributed by atoms with Gasteiger partial charge in [0.05, 0.1) is 12.0 Å². The van der Waals surface area contributed by atoms with Crippen LogP contribution in [0.4, 0.5) is 5.69 Å². The maximum absolute atomic E-state index is 12.2. The normalized spacial score (nSPS) is 10.4. The number of aryl methyl sites for hydroxylation is 1. The number of hydrogen-bond acceptors (Lipinski definition) is 2. The van der Waals surface area contributed by atoms with Crippen LogP contribution in [0.5, 0.6) is 0 Å². The smallest absolute Gasteiger partial charge is 0.246 e. The van der Waals surface area contributed by atoms with E-state index < -0.39 is 0 Å². The van der Waals surface area contributed by atoms with Crippen molar-refractivity contribution in [2.24, 2.45) is 0 Å². The average molecular weight is 308 g/mol. The molecule has 2 aromatic rings. The molecule has 0 aliphatic heterocycles. The van der Waals surface area contributed by atoms with Crippen molar-refractivity contribution in [2.75, 3.05) is 11.9 Å². The third-order valence-electron chi connectivity index (χ3n) is 2.81. The van der Waals surface area contributed by atoms with Gasteiger partial charge in [-0.1, -0.05) is 12.1 Å². The second-order valence-corrected chi connectivity index (χ2v) is 4.92. The lowest BCUT2D eigenvalue weighted by Gasteiger charge is -2.19. The molecule has 1 aromatic carbocycles. The van der Waals surface area contributed by atoms with Crippen LogP contribution in [0, 0.1) is 6.92 Å². The van der Waals surface area contributed by atoms with Gasteiger partial charge in [0.1, 0.15) is 6.54 Å². The summed E-state index contributed by atoms with van der Waals surface area (Å²) in [5, 5.41) is 0. The summed E-state index contributed by atoms with van der Waals surface area (Å²) >= 11 is 3.44. The van der Waals surface area contributed by atoms with E-state index in [2.05, 4.69) is 20.9 Å². The van der Waals surface area contributed by atoms with E-state index in [4.69, 9.17) is 0 Å². The minimum Gasteiger partial charge on any atom is -0.325 e. The van der Waals surface area contributed by atoms with Crippen LogP contribution in [0.2, 0.25) is 0 Å². The monoisotopic (exact) mass is 307 g/mol. The number of hydrogen-bond donors (Lipinski definition) is 0. The van der Waals surface area contributed by atoms with Crippen molar-refractivity contribution >= 4 is 27.5 Å². The molecule has 0 fully saturated rings. The van der Waals surface area contributed by atoms with Crippen LogP contribution in [0.3, 0.4) is 0 Å². The number of benzene rings is 1. The van der Waals surface area contributed by atoms with Gasteiger partial charge in [-0.15, -0.1) is 0 Å². The van der Waals surface area contributed by atoms with Crippen molar-refractivity contribution in [1.29, 1.82) is 0 Å². The summed E-state index contributed by atoms with van der Waals surface area (Å²) in [4.78, 5) is 17.8. The molecule has 0 bridgehead atoms. The summed E-state index contributed by atoms with van der Waals surface area (Å²) < 4.78 is 2.73. The Bertz CT molecular complexity index is 565. The zero-order chi connectivity index (χ0) is 13.1. The Morgan fingerprint density at radius 3 is 2.78 bits per heavy atom. The van der Waals surface area contributed by atoms with Crippen LogP contribution in [0.25, 0.3) is 0 Å². The fourth-order valence-electron chi connectivity index (χ4n) is 1.66. The molecule has 0 atom stereocenters. The maximum atomic E-state index is 12.2. The number of aromatic nitrogens is 2. The molecule has 0 aliphatic rings. The number of nitrogens with zero attached hydrogens (tertiary/aromatic N) is 3. The second kappa shape index (κ2) is 5.35. The number of carbonyl (C=O) groups is 1. The largest absolute Gasteiger partial charge is 0.325 e. The van der Waals surface area contributed by atoms with Crippen molar-refractivity contribution in [1.82, 2.24) is 9.55 Å². The minimum atomic E-state index is 0.0167. The summed E-state index contributed by atoms with van der Waals surface area (Å²) in [6.45, 7) is 2.22. The highest BCUT2D eigenvalue weighted by atomic mass is 79.9. The molecule has 5 heteroatoms. The number of anilines is 1. The molecule has 0 radical (unpaired) electrons. The van der Waals surface area contributed by atoms with Crippen molar-refractivity contribution in [2.45, 2.75) is 13.5 Å². The first-order chi connectivity index (χ1) is 8.59. The van der Waals surface area contributed by atoms with Gasteiger partial charge in [-0.05, 0) is 35.0 Å². The number of imidazole rings is 1. The maximum Gasteiger partial charge on any atom is 0.246 e. The highest BCUT2D eigenvalue weighted by Gasteiger charge is 2.14. The summed E-state index contributed by atoms with van der Waals surface area (Å²) in [7, 11) is 1.77. The number of likely N-dealkylation sites (N-methyl/N-ethyl adjacent to an activating group) is 1. The van der Waals surface area contributed by atoms with Crippen LogP contribution >= 0.6 is 15.9 Å². The molecule has 94 valence electrons. The Morgan fingerprint density at radius 2 is 2.17 bits per heavy atom. The van der Waals surface area contributed by atoms with E-state index >= 15 is 0 Å². The predicted octanol–water partition coefficient (Wildman–Crippen LogP) is 2.62. The molecule has 1 aromatic heterocycles. The second-order valence-electron chi connectivity index (χ2n) is 4.07. The molecular formula is C13H14BrN3O. The summed E-state index contributed by atoms with van der Waals surface area (Å²) in [5.41, 5.74) is 1.84. The SMILES string of the molecule is Cc1cncn1CC(=O)N(C)c1ccccc1Br. The standard InChI is InChI=1S/C13H14BrN3O/c1-10-7-15-9-17(10)8-13(18)16(2)12-6-4-3-5-11(12)14/h3-7,9H,8H2,1-2H3. The van der Waals surface area contributed by atoms with Gasteiger partial charge in [0, 0.05) is 23.4 Å². The summed E-state index contributed by atoms with van der Waals surface area (Å²) in [6.07, 6.45) is 3.41. The zero-order valence-corrected chi connectivity index (χ0v) is 11.9. The van der Waals surface area contributed by atoms with Gasteiger partial charge in [-0.2, -0.15) is 0 Å². The molecule has 2 rings (SSSR count). The fourth-order valence-corrected chi connectivity index (χ4v) is 2.21. The van der Waals surface area contributed by atoms with Gasteiger partial charge in [0.2, 0.25) is 5.91 Å². The van der Waals surface area contributed by atoms with Crippen LogP contribution < -0.4 is 4.90 Å². The van der Waals surface area contributed by atoms with E-state index in [-0.39, 0.29) is 5.91 Å². The van der Waals surface area contributed by atoms with E-state index in [1.54, 1.807) is 24.5 Å². The van der Waals surface area contributed by atoms with Gasteiger partial charge < -0.3 is 9.47 Å². The number of para-hydroxylation sites is 1. The highest BCUT2D eigenvalue weighted by Crippen LogP contribution is 2.24. The van der Waals surface area contributed by atoms with Gasteiger partial charge >= 0.3 is 0 Å². The van der Waals surface area contributed by atoms with Crippen LogP contribution in [-0.4, -0.2) is 22.5 Å². The van der Waals surface area contributed by atoms with E-state index in [9.17, 15) is 4.79 Å². The Balaban J connectivity index is 2.15. The van der Waals surface area contributed by atoms with Gasteiger partial charge in [0.25, 0.3) is 0 Å². The van der Waals surface area contributed by atoms with E-state index in [1.165, 1.54) is 0 Å². The quantitative estimate of drug-likeness (QED) is 0.874. The van der Waals surface area contributed by atoms with Crippen LogP contribution in [-0.2, 0) is 11.3 Å². The molecule has 0 N–H and O–H groups in total. The number of halogens is 1. The Kier molecular flexibility index (Phi) is 3.81. The Labute approximate surface area is 114 Å². The first kappa shape index (κ1) is 12.8. The number of amides is 1. The molecule has 0 aliphatic carbocycles. The third kappa shape index (κ3) is 2.61. The molecule has 0 unspecified atom stereocenters. The zero-order valence-electron chi connectivity index (χ0n) is 10.3. The fraction of sp³-hybridized carbons (Fsp3) is 0.231. The molecule has 4 nitrogen and oxygen atoms in total. The minimum absolute atomic E-state index is 0.0167. The topological polar surface area (TPSA) is 38.1 Å². The van der Waals surface area contributed by atoms with E-state index in [1.807, 2.05) is 35.8 Å². The first-order valence-corrected chi connectivity index (χ1v) is 6.36. The molecule has 0 spiro atoms. The molecular weight excluding hydrogens is 294 g/mol. The molecule has 1 amide bonds. The Morgan fingerprint density at radius 1 is 1.44 bits per heavy atom.